The summed E-state index contributed by atoms with van der Waals surface area (Å²) in [5.41, 5.74) is 0.0388. The van der Waals surface area contributed by atoms with Crippen molar-refractivity contribution in [1.82, 2.24) is 0 Å². The summed E-state index contributed by atoms with van der Waals surface area (Å²) in [6.07, 6.45) is -1.08. The molecular weight excluding hydrogens is 176 g/mol. The van der Waals surface area contributed by atoms with Gasteiger partial charge in [0.05, 0.1) is 12.2 Å². The Labute approximate surface area is 74.9 Å². The summed E-state index contributed by atoms with van der Waals surface area (Å²) in [7, 11) is 0. The number of aliphatic hydroxyl groups excluding tert-OH is 3. The highest BCUT2D eigenvalue weighted by Gasteiger charge is 2.32. The lowest BCUT2D eigenvalue weighted by molar-refractivity contribution is -0.133. The van der Waals surface area contributed by atoms with Crippen LogP contribution in [0.1, 0.15) is 6.42 Å². The molecule has 1 aliphatic rings. The van der Waals surface area contributed by atoms with Gasteiger partial charge in [0.25, 0.3) is 0 Å². The highest BCUT2D eigenvalue weighted by atomic mass is 16.4. The van der Waals surface area contributed by atoms with E-state index >= 15 is 0 Å². The molecule has 0 unspecified atom stereocenters. The fraction of sp³-hybridized carbons (Fsp3) is 0.625. The van der Waals surface area contributed by atoms with Crippen molar-refractivity contribution in [1.29, 1.82) is 0 Å². The third-order valence-corrected chi connectivity index (χ3v) is 2.20. The third-order valence-electron chi connectivity index (χ3n) is 2.20. The van der Waals surface area contributed by atoms with Gasteiger partial charge in [-0.25, -0.2) is 4.79 Å². The molecule has 5 heteroatoms. The molecule has 0 fully saturated rings. The smallest absolute Gasteiger partial charge is 0.331 e. The number of carboxylic acids is 1. The van der Waals surface area contributed by atoms with Gasteiger partial charge in [0, 0.05) is 18.1 Å². The van der Waals surface area contributed by atoms with Crippen LogP contribution in [0, 0.1) is 5.92 Å². The van der Waals surface area contributed by atoms with Gasteiger partial charge in [-0.15, -0.1) is 0 Å². The van der Waals surface area contributed by atoms with Crippen molar-refractivity contribution in [3.05, 3.63) is 11.6 Å². The van der Waals surface area contributed by atoms with Crippen LogP contribution in [-0.4, -0.2) is 45.2 Å². The molecule has 0 aromatic rings. The summed E-state index contributed by atoms with van der Waals surface area (Å²) < 4.78 is 0. The number of rotatable bonds is 2. The molecule has 3 atom stereocenters. The Morgan fingerprint density at radius 2 is 2.15 bits per heavy atom. The van der Waals surface area contributed by atoms with Gasteiger partial charge in [0.15, 0.2) is 0 Å². The van der Waals surface area contributed by atoms with Crippen LogP contribution in [0.25, 0.3) is 0 Å². The lowest BCUT2D eigenvalue weighted by Crippen LogP contribution is -2.38. The summed E-state index contributed by atoms with van der Waals surface area (Å²) in [6, 6.07) is 0. The van der Waals surface area contributed by atoms with E-state index in [0.29, 0.717) is 0 Å². The number of aliphatic hydroxyl groups is 3. The fourth-order valence-electron chi connectivity index (χ4n) is 1.39. The van der Waals surface area contributed by atoms with Gasteiger partial charge < -0.3 is 20.4 Å². The van der Waals surface area contributed by atoms with E-state index in [9.17, 15) is 15.0 Å². The first-order chi connectivity index (χ1) is 6.06. The quantitative estimate of drug-likeness (QED) is 0.433. The number of hydrogen-bond acceptors (Lipinski definition) is 4. The molecule has 0 amide bonds. The van der Waals surface area contributed by atoms with E-state index < -0.39 is 24.1 Å². The summed E-state index contributed by atoms with van der Waals surface area (Å²) in [4.78, 5) is 10.5. The van der Waals surface area contributed by atoms with Gasteiger partial charge in [-0.3, -0.25) is 0 Å². The SMILES string of the molecule is O=C(O)C1=C[C@@H](O)[C@@H](O)[C@H](CO)C1. The first kappa shape index (κ1) is 10.2. The van der Waals surface area contributed by atoms with Crippen LogP contribution < -0.4 is 0 Å². The molecule has 13 heavy (non-hydrogen) atoms. The number of carboxylic acid groups (broad SMARTS) is 1. The predicted molar refractivity (Wildman–Crippen MR) is 42.9 cm³/mol. The Morgan fingerprint density at radius 3 is 2.62 bits per heavy atom. The average molecular weight is 188 g/mol. The number of carbonyl (C=O) groups is 1. The molecule has 0 saturated carbocycles. The zero-order valence-corrected chi connectivity index (χ0v) is 6.92. The second-order valence-electron chi connectivity index (χ2n) is 3.13. The summed E-state index contributed by atoms with van der Waals surface area (Å²) >= 11 is 0. The van der Waals surface area contributed by atoms with Crippen molar-refractivity contribution < 1.29 is 25.2 Å². The molecule has 0 aromatic heterocycles. The number of aliphatic carboxylic acids is 1. The van der Waals surface area contributed by atoms with Crippen LogP contribution in [0.2, 0.25) is 0 Å². The largest absolute Gasteiger partial charge is 0.478 e. The van der Waals surface area contributed by atoms with Crippen molar-refractivity contribution in [3.63, 3.8) is 0 Å². The molecule has 1 aliphatic carbocycles. The molecule has 1 rings (SSSR count). The molecule has 0 radical (unpaired) electrons. The Kier molecular flexibility index (Phi) is 3.02. The zero-order valence-electron chi connectivity index (χ0n) is 6.92. The Hall–Kier alpha value is -0.910. The minimum atomic E-state index is -1.20. The summed E-state index contributed by atoms with van der Waals surface area (Å²) in [5.74, 6) is -1.71. The van der Waals surface area contributed by atoms with Gasteiger partial charge >= 0.3 is 5.97 Å². The van der Waals surface area contributed by atoms with Crippen LogP contribution in [-0.2, 0) is 4.79 Å². The lowest BCUT2D eigenvalue weighted by Gasteiger charge is -2.28. The standard InChI is InChI=1S/C8H12O5/c9-3-5-1-4(8(12)13)2-6(10)7(5)11/h2,5-7,9-11H,1,3H2,(H,12,13)/t5-,6+,7-/m0/s1. The predicted octanol–water partition coefficient (Wildman–Crippen LogP) is -1.27. The van der Waals surface area contributed by atoms with Crippen LogP contribution in [0.4, 0.5) is 0 Å². The molecular formula is C8H12O5. The Morgan fingerprint density at radius 1 is 1.54 bits per heavy atom. The van der Waals surface area contributed by atoms with Crippen molar-refractivity contribution in [3.8, 4) is 0 Å². The van der Waals surface area contributed by atoms with Gasteiger partial charge in [0.2, 0.25) is 0 Å². The molecule has 0 bridgehead atoms. The highest BCUT2D eigenvalue weighted by Crippen LogP contribution is 2.24. The second-order valence-corrected chi connectivity index (χ2v) is 3.13. The van der Waals surface area contributed by atoms with E-state index in [1.54, 1.807) is 0 Å². The molecule has 0 heterocycles. The second kappa shape index (κ2) is 3.87. The Balaban J connectivity index is 2.81. The minimum absolute atomic E-state index is 0.0388. The molecule has 0 aromatic carbocycles. The normalized spacial score (nSPS) is 34.1. The monoisotopic (exact) mass is 188 g/mol. The van der Waals surface area contributed by atoms with Crippen molar-refractivity contribution in [2.45, 2.75) is 18.6 Å². The van der Waals surface area contributed by atoms with Crippen molar-refractivity contribution in [2.75, 3.05) is 6.61 Å². The third kappa shape index (κ3) is 2.06. The molecule has 5 nitrogen and oxygen atoms in total. The van der Waals surface area contributed by atoms with Crippen LogP contribution in [0.15, 0.2) is 11.6 Å². The highest BCUT2D eigenvalue weighted by molar-refractivity contribution is 5.86. The molecule has 0 aliphatic heterocycles. The van der Waals surface area contributed by atoms with Crippen LogP contribution in [0.3, 0.4) is 0 Å². The fourth-order valence-corrected chi connectivity index (χ4v) is 1.39. The van der Waals surface area contributed by atoms with Crippen molar-refractivity contribution >= 4 is 5.97 Å². The topological polar surface area (TPSA) is 98.0 Å². The van der Waals surface area contributed by atoms with Gasteiger partial charge in [-0.2, -0.15) is 0 Å². The van der Waals surface area contributed by atoms with E-state index in [0.717, 1.165) is 6.08 Å². The maximum absolute atomic E-state index is 10.5. The zero-order chi connectivity index (χ0) is 10.0. The molecule has 0 spiro atoms. The first-order valence-electron chi connectivity index (χ1n) is 3.97. The Bertz CT molecular complexity index is 235. The van der Waals surface area contributed by atoms with Gasteiger partial charge in [0.1, 0.15) is 0 Å². The molecule has 74 valence electrons. The van der Waals surface area contributed by atoms with Gasteiger partial charge in [-0.1, -0.05) is 0 Å². The van der Waals surface area contributed by atoms with Gasteiger partial charge in [-0.05, 0) is 12.5 Å². The van der Waals surface area contributed by atoms with Crippen LogP contribution in [0.5, 0.6) is 0 Å². The molecule has 4 N–H and O–H groups in total. The van der Waals surface area contributed by atoms with Crippen LogP contribution >= 0.6 is 0 Å². The van der Waals surface area contributed by atoms with E-state index in [1.807, 2.05) is 0 Å². The lowest BCUT2D eigenvalue weighted by atomic mass is 9.85. The van der Waals surface area contributed by atoms with E-state index in [1.165, 1.54) is 0 Å². The summed E-state index contributed by atoms with van der Waals surface area (Å²) in [5, 5.41) is 35.9. The minimum Gasteiger partial charge on any atom is -0.478 e. The first-order valence-corrected chi connectivity index (χ1v) is 3.97. The summed E-state index contributed by atoms with van der Waals surface area (Å²) in [6.45, 7) is -0.331. The number of hydrogen-bond donors (Lipinski definition) is 4. The maximum Gasteiger partial charge on any atom is 0.331 e. The van der Waals surface area contributed by atoms with E-state index in [4.69, 9.17) is 10.2 Å². The van der Waals surface area contributed by atoms with E-state index in [2.05, 4.69) is 0 Å². The maximum atomic E-state index is 10.5. The molecule has 0 saturated heterocycles. The average Bonchev–Trinajstić information content (AvgIpc) is 2.09. The van der Waals surface area contributed by atoms with E-state index in [-0.39, 0.29) is 18.6 Å². The van der Waals surface area contributed by atoms with Crippen molar-refractivity contribution in [2.24, 2.45) is 5.92 Å².